The van der Waals surface area contributed by atoms with Crippen molar-refractivity contribution >= 4 is 23.5 Å². The molecule has 0 fully saturated rings. The zero-order valence-electron chi connectivity index (χ0n) is 11.6. The molecule has 0 bridgehead atoms. The maximum absolute atomic E-state index is 12.2. The van der Waals surface area contributed by atoms with Gasteiger partial charge >= 0.3 is 5.97 Å². The van der Waals surface area contributed by atoms with E-state index in [2.05, 4.69) is 4.74 Å². The highest BCUT2D eigenvalue weighted by molar-refractivity contribution is 6.31. The second-order valence-electron chi connectivity index (χ2n) is 4.63. The fourth-order valence-corrected chi connectivity index (χ4v) is 2.14. The first-order valence-corrected chi connectivity index (χ1v) is 6.33. The van der Waals surface area contributed by atoms with Gasteiger partial charge in [-0.2, -0.15) is 0 Å². The van der Waals surface area contributed by atoms with Crippen molar-refractivity contribution in [1.29, 1.82) is 0 Å². The second-order valence-corrected chi connectivity index (χ2v) is 5.06. The summed E-state index contributed by atoms with van der Waals surface area (Å²) in [6.07, 6.45) is 0. The van der Waals surface area contributed by atoms with Crippen LogP contribution in [-0.2, 0) is 9.53 Å². The molecule has 1 atom stereocenters. The Bertz CT molecular complexity index is 467. The van der Waals surface area contributed by atoms with Crippen molar-refractivity contribution in [2.45, 2.75) is 13.8 Å². The van der Waals surface area contributed by atoms with Crippen LogP contribution in [0.5, 0.6) is 0 Å². The van der Waals surface area contributed by atoms with Gasteiger partial charge < -0.3 is 9.64 Å². The van der Waals surface area contributed by atoms with E-state index in [1.165, 1.54) is 12.0 Å². The summed E-state index contributed by atoms with van der Waals surface area (Å²) in [6, 6.07) is 5.18. The Hall–Kier alpha value is -1.55. The van der Waals surface area contributed by atoms with Crippen LogP contribution in [0.1, 0.15) is 22.8 Å². The summed E-state index contributed by atoms with van der Waals surface area (Å²) < 4.78 is 4.64. The normalized spacial score (nSPS) is 11.8. The molecular formula is C14H18ClNO3. The molecule has 4 nitrogen and oxygen atoms in total. The van der Waals surface area contributed by atoms with Crippen LogP contribution in [-0.4, -0.2) is 37.5 Å². The fraction of sp³-hybridized carbons (Fsp3) is 0.429. The highest BCUT2D eigenvalue weighted by Gasteiger charge is 2.19. The van der Waals surface area contributed by atoms with Crippen molar-refractivity contribution in [1.82, 2.24) is 4.90 Å². The van der Waals surface area contributed by atoms with Crippen LogP contribution in [0.25, 0.3) is 0 Å². The zero-order chi connectivity index (χ0) is 14.6. The number of esters is 1. The van der Waals surface area contributed by atoms with E-state index in [-0.39, 0.29) is 17.8 Å². The number of rotatable bonds is 4. The molecule has 1 aromatic carbocycles. The Balaban J connectivity index is 2.79. The lowest BCUT2D eigenvalue weighted by Crippen LogP contribution is -2.34. The molecule has 1 rings (SSSR count). The van der Waals surface area contributed by atoms with E-state index in [1.807, 2.05) is 6.92 Å². The van der Waals surface area contributed by atoms with Crippen LogP contribution in [0, 0.1) is 12.8 Å². The highest BCUT2D eigenvalue weighted by Crippen LogP contribution is 2.16. The number of amides is 1. The Morgan fingerprint density at radius 1 is 1.37 bits per heavy atom. The van der Waals surface area contributed by atoms with Crippen LogP contribution in [0.3, 0.4) is 0 Å². The minimum absolute atomic E-state index is 0.165. The number of carbonyl (C=O) groups is 2. The SMILES string of the molecule is COC(=O)C(C)CN(C)C(=O)c1cc(C)cc(Cl)c1. The van der Waals surface area contributed by atoms with Gasteiger partial charge in [-0.25, -0.2) is 0 Å². The van der Waals surface area contributed by atoms with E-state index >= 15 is 0 Å². The van der Waals surface area contributed by atoms with Gasteiger partial charge in [0.15, 0.2) is 0 Å². The fourth-order valence-electron chi connectivity index (χ4n) is 1.85. The Morgan fingerprint density at radius 2 is 2.00 bits per heavy atom. The van der Waals surface area contributed by atoms with Gasteiger partial charge in [0.2, 0.25) is 0 Å². The molecule has 0 heterocycles. The van der Waals surface area contributed by atoms with E-state index in [4.69, 9.17) is 11.6 Å². The maximum Gasteiger partial charge on any atom is 0.310 e. The molecule has 0 saturated heterocycles. The summed E-state index contributed by atoms with van der Waals surface area (Å²) in [7, 11) is 2.99. The number of carbonyl (C=O) groups excluding carboxylic acids is 2. The summed E-state index contributed by atoms with van der Waals surface area (Å²) in [5.41, 5.74) is 1.44. The third kappa shape index (κ3) is 4.24. The van der Waals surface area contributed by atoms with Crippen LogP contribution in [0.4, 0.5) is 0 Å². The first kappa shape index (κ1) is 15.5. The molecule has 0 N–H and O–H groups in total. The number of nitrogens with zero attached hydrogens (tertiary/aromatic N) is 1. The Morgan fingerprint density at radius 3 is 2.53 bits per heavy atom. The van der Waals surface area contributed by atoms with E-state index < -0.39 is 0 Å². The summed E-state index contributed by atoms with van der Waals surface area (Å²) in [6.45, 7) is 3.90. The number of halogens is 1. The molecule has 1 amide bonds. The first-order chi connectivity index (χ1) is 8.85. The Labute approximate surface area is 118 Å². The van der Waals surface area contributed by atoms with E-state index in [0.29, 0.717) is 17.1 Å². The van der Waals surface area contributed by atoms with Gasteiger partial charge in [-0.1, -0.05) is 18.5 Å². The molecule has 104 valence electrons. The van der Waals surface area contributed by atoms with Gasteiger partial charge in [-0.3, -0.25) is 9.59 Å². The summed E-state index contributed by atoms with van der Waals surface area (Å²) in [5.74, 6) is -0.859. The largest absolute Gasteiger partial charge is 0.469 e. The number of hydrogen-bond donors (Lipinski definition) is 0. The topological polar surface area (TPSA) is 46.6 Å². The highest BCUT2D eigenvalue weighted by atomic mass is 35.5. The van der Waals surface area contributed by atoms with Gasteiger partial charge in [0.1, 0.15) is 0 Å². The molecule has 0 saturated carbocycles. The molecule has 5 heteroatoms. The average Bonchev–Trinajstić information content (AvgIpc) is 2.35. The third-order valence-electron chi connectivity index (χ3n) is 2.79. The van der Waals surface area contributed by atoms with Crippen molar-refractivity contribution in [3.8, 4) is 0 Å². The molecule has 0 aliphatic carbocycles. The molecule has 0 aliphatic heterocycles. The van der Waals surface area contributed by atoms with Crippen molar-refractivity contribution in [3.05, 3.63) is 34.3 Å². The minimum Gasteiger partial charge on any atom is -0.469 e. The molecule has 0 spiro atoms. The monoisotopic (exact) mass is 283 g/mol. The van der Waals surface area contributed by atoms with Gasteiger partial charge in [0.25, 0.3) is 5.91 Å². The van der Waals surface area contributed by atoms with Gasteiger partial charge in [0.05, 0.1) is 13.0 Å². The molecule has 0 aliphatic rings. The molecule has 1 unspecified atom stereocenters. The molecule has 19 heavy (non-hydrogen) atoms. The number of benzene rings is 1. The van der Waals surface area contributed by atoms with Crippen LogP contribution in [0.15, 0.2) is 18.2 Å². The minimum atomic E-state index is -0.362. The van der Waals surface area contributed by atoms with Crippen LogP contribution < -0.4 is 0 Å². The lowest BCUT2D eigenvalue weighted by molar-refractivity contribution is -0.145. The number of ether oxygens (including phenoxy) is 1. The van der Waals surface area contributed by atoms with Crippen molar-refractivity contribution in [2.24, 2.45) is 5.92 Å². The second kappa shape index (κ2) is 6.57. The third-order valence-corrected chi connectivity index (χ3v) is 3.01. The average molecular weight is 284 g/mol. The number of aryl methyl sites for hydroxylation is 1. The Kier molecular flexibility index (Phi) is 5.36. The smallest absolute Gasteiger partial charge is 0.310 e. The van der Waals surface area contributed by atoms with Gasteiger partial charge in [0, 0.05) is 24.2 Å². The lowest BCUT2D eigenvalue weighted by Gasteiger charge is -2.20. The van der Waals surface area contributed by atoms with Crippen LogP contribution in [0.2, 0.25) is 5.02 Å². The molecule has 1 aromatic rings. The van der Waals surface area contributed by atoms with E-state index in [0.717, 1.165) is 5.56 Å². The zero-order valence-corrected chi connectivity index (χ0v) is 12.3. The summed E-state index contributed by atoms with van der Waals surface area (Å²) >= 11 is 5.93. The standard InChI is InChI=1S/C14H18ClNO3/c1-9-5-11(7-12(15)6-9)13(17)16(3)8-10(2)14(18)19-4/h5-7,10H,8H2,1-4H3. The van der Waals surface area contributed by atoms with Gasteiger partial charge in [-0.05, 0) is 30.7 Å². The van der Waals surface area contributed by atoms with E-state index in [1.54, 1.807) is 32.2 Å². The van der Waals surface area contributed by atoms with Crippen molar-refractivity contribution < 1.29 is 14.3 Å². The lowest BCUT2D eigenvalue weighted by atomic mass is 10.1. The molecular weight excluding hydrogens is 266 g/mol. The van der Waals surface area contributed by atoms with Gasteiger partial charge in [-0.15, -0.1) is 0 Å². The summed E-state index contributed by atoms with van der Waals surface area (Å²) in [4.78, 5) is 25.0. The number of hydrogen-bond acceptors (Lipinski definition) is 3. The van der Waals surface area contributed by atoms with E-state index in [9.17, 15) is 9.59 Å². The van der Waals surface area contributed by atoms with Crippen molar-refractivity contribution in [2.75, 3.05) is 20.7 Å². The predicted molar refractivity (Wildman–Crippen MR) is 74.3 cm³/mol. The van der Waals surface area contributed by atoms with Crippen LogP contribution >= 0.6 is 11.6 Å². The number of methoxy groups -OCH3 is 1. The molecule has 0 radical (unpaired) electrons. The van der Waals surface area contributed by atoms with Crippen molar-refractivity contribution in [3.63, 3.8) is 0 Å². The summed E-state index contributed by atoms with van der Waals surface area (Å²) in [5, 5.41) is 0.526. The first-order valence-electron chi connectivity index (χ1n) is 5.95. The quantitative estimate of drug-likeness (QED) is 0.798. The maximum atomic E-state index is 12.2. The molecule has 0 aromatic heterocycles. The predicted octanol–water partition coefficient (Wildman–Crippen LogP) is 2.53.